The summed E-state index contributed by atoms with van der Waals surface area (Å²) in [6, 6.07) is 30.6. The summed E-state index contributed by atoms with van der Waals surface area (Å²) in [7, 11) is 0. The van der Waals surface area contributed by atoms with Crippen molar-refractivity contribution in [3.8, 4) is 0 Å². The Morgan fingerprint density at radius 1 is 0.575 bits per heavy atom. The summed E-state index contributed by atoms with van der Waals surface area (Å²) < 4.78 is 10.4. The number of hydrogen-bond acceptors (Lipinski definition) is 8. The van der Waals surface area contributed by atoms with Crippen molar-refractivity contribution >= 4 is 40.9 Å². The molecular formula is C30H23N3O7. The highest BCUT2D eigenvalue weighted by Gasteiger charge is 2.41. The van der Waals surface area contributed by atoms with E-state index in [2.05, 4.69) is 15.5 Å². The van der Waals surface area contributed by atoms with Gasteiger partial charge in [-0.05, 0) is 60.7 Å². The molecule has 0 saturated carbocycles. The van der Waals surface area contributed by atoms with E-state index in [-0.39, 0.29) is 16.8 Å². The maximum atomic E-state index is 13.3. The number of nitrogens with zero attached hydrogens (tertiary/aromatic N) is 2. The van der Waals surface area contributed by atoms with E-state index in [0.717, 1.165) is 0 Å². The fourth-order valence-electron chi connectivity index (χ4n) is 3.44. The fourth-order valence-corrected chi connectivity index (χ4v) is 3.44. The zero-order valence-corrected chi connectivity index (χ0v) is 20.9. The summed E-state index contributed by atoms with van der Waals surface area (Å²) in [5, 5.41) is 20.6. The van der Waals surface area contributed by atoms with Crippen LogP contribution in [0.3, 0.4) is 0 Å². The topological polar surface area (TPSA) is 144 Å². The fraction of sp³-hybridized carbons (Fsp3) is 0.0667. The average molecular weight is 538 g/mol. The van der Waals surface area contributed by atoms with Gasteiger partial charge in [0.1, 0.15) is 0 Å². The van der Waals surface area contributed by atoms with Crippen LogP contribution < -0.4 is 5.32 Å². The molecule has 0 aliphatic heterocycles. The normalized spacial score (nSPS) is 12.2. The van der Waals surface area contributed by atoms with Crippen molar-refractivity contribution in [3.05, 3.63) is 126 Å². The molecule has 0 aliphatic carbocycles. The summed E-state index contributed by atoms with van der Waals surface area (Å²) >= 11 is 0. The number of amides is 1. The molecule has 4 rings (SSSR count). The first-order valence-corrected chi connectivity index (χ1v) is 12.0. The van der Waals surface area contributed by atoms with Gasteiger partial charge in [0.25, 0.3) is 5.91 Å². The van der Waals surface area contributed by atoms with Crippen molar-refractivity contribution in [1.29, 1.82) is 0 Å². The number of carbonyl (C=O) groups is 4. The lowest BCUT2D eigenvalue weighted by Crippen LogP contribution is -2.48. The third-order valence-corrected chi connectivity index (χ3v) is 5.44. The number of carbonyl (C=O) groups excluding carboxylic acids is 3. The molecule has 0 aromatic heterocycles. The molecule has 0 bridgehead atoms. The van der Waals surface area contributed by atoms with Crippen LogP contribution in [0.15, 0.2) is 125 Å². The molecule has 4 aromatic rings. The Kier molecular flexibility index (Phi) is 9.07. The molecule has 10 nitrogen and oxygen atoms in total. The molecule has 0 heterocycles. The SMILES string of the molecule is O=C(O[C@H](C(=O)Nc1ccc(N=Nc2ccccc2)cc1)[C@@H](OC(=O)c1ccccc1)C(=O)O)c1ccccc1. The minimum absolute atomic E-state index is 0.0579. The monoisotopic (exact) mass is 537 g/mol. The van der Waals surface area contributed by atoms with Gasteiger partial charge in [-0.2, -0.15) is 10.2 Å². The van der Waals surface area contributed by atoms with E-state index >= 15 is 0 Å². The number of carboxylic acids is 1. The molecule has 2 atom stereocenters. The molecule has 0 unspecified atom stereocenters. The third-order valence-electron chi connectivity index (χ3n) is 5.44. The van der Waals surface area contributed by atoms with Crippen molar-refractivity contribution in [1.82, 2.24) is 0 Å². The molecule has 2 N–H and O–H groups in total. The Hall–Kier alpha value is -5.64. The van der Waals surface area contributed by atoms with Gasteiger partial charge in [0.15, 0.2) is 0 Å². The van der Waals surface area contributed by atoms with Gasteiger partial charge in [-0.3, -0.25) is 4.79 Å². The zero-order chi connectivity index (χ0) is 28.3. The van der Waals surface area contributed by atoms with Crippen molar-refractivity contribution in [2.75, 3.05) is 5.32 Å². The van der Waals surface area contributed by atoms with Gasteiger partial charge in [-0.25, -0.2) is 14.4 Å². The van der Waals surface area contributed by atoms with Crippen LogP contribution in [0.4, 0.5) is 17.1 Å². The van der Waals surface area contributed by atoms with Gasteiger partial charge in [0.2, 0.25) is 12.2 Å². The minimum atomic E-state index is -2.14. The number of nitrogens with one attached hydrogen (secondary N) is 1. The van der Waals surface area contributed by atoms with Crippen molar-refractivity contribution in [3.63, 3.8) is 0 Å². The number of esters is 2. The summed E-state index contributed by atoms with van der Waals surface area (Å²) in [6.07, 6.45) is -4.16. The van der Waals surface area contributed by atoms with Gasteiger partial charge in [0, 0.05) is 5.69 Å². The number of anilines is 1. The number of carboxylic acid groups (broad SMARTS) is 1. The lowest BCUT2D eigenvalue weighted by Gasteiger charge is -2.23. The van der Waals surface area contributed by atoms with E-state index in [9.17, 15) is 24.3 Å². The minimum Gasteiger partial charge on any atom is -0.478 e. The second-order valence-corrected chi connectivity index (χ2v) is 8.29. The maximum Gasteiger partial charge on any atom is 0.349 e. The molecule has 0 fully saturated rings. The first-order chi connectivity index (χ1) is 19.4. The molecule has 200 valence electrons. The summed E-state index contributed by atoms with van der Waals surface area (Å²) in [5.41, 5.74) is 1.54. The smallest absolute Gasteiger partial charge is 0.349 e. The van der Waals surface area contributed by atoms with Crippen LogP contribution in [-0.2, 0) is 19.1 Å². The van der Waals surface area contributed by atoms with E-state index in [1.54, 1.807) is 60.7 Å². The van der Waals surface area contributed by atoms with Crippen LogP contribution in [0.1, 0.15) is 20.7 Å². The van der Waals surface area contributed by atoms with Gasteiger partial charge in [-0.15, -0.1) is 0 Å². The molecular weight excluding hydrogens is 514 g/mol. The van der Waals surface area contributed by atoms with E-state index in [0.29, 0.717) is 11.4 Å². The standard InChI is InChI=1S/C30H23N3O7/c34-27(31-22-16-18-24(19-17-22)33-32-23-14-8-3-9-15-23)25(39-29(37)20-10-4-1-5-11-20)26(28(35)36)40-30(38)21-12-6-2-7-13-21/h1-19,25-26H,(H,31,34)(H,35,36)/t25-,26+/m0/s1. The van der Waals surface area contributed by atoms with Crippen LogP contribution in [-0.4, -0.2) is 41.1 Å². The molecule has 0 saturated heterocycles. The van der Waals surface area contributed by atoms with Crippen LogP contribution in [0.5, 0.6) is 0 Å². The number of aliphatic carboxylic acids is 1. The van der Waals surface area contributed by atoms with E-state index in [4.69, 9.17) is 9.47 Å². The highest BCUT2D eigenvalue weighted by molar-refractivity contribution is 6.01. The van der Waals surface area contributed by atoms with Crippen molar-refractivity contribution in [2.45, 2.75) is 12.2 Å². The van der Waals surface area contributed by atoms with E-state index < -0.39 is 36.0 Å². The molecule has 40 heavy (non-hydrogen) atoms. The first-order valence-electron chi connectivity index (χ1n) is 12.0. The lowest BCUT2D eigenvalue weighted by molar-refractivity contribution is -0.157. The summed E-state index contributed by atoms with van der Waals surface area (Å²) in [6.45, 7) is 0. The summed E-state index contributed by atoms with van der Waals surface area (Å²) in [5.74, 6) is -4.67. The van der Waals surface area contributed by atoms with E-state index in [1.165, 1.54) is 36.4 Å². The Balaban J connectivity index is 1.54. The highest BCUT2D eigenvalue weighted by Crippen LogP contribution is 2.21. The molecule has 0 spiro atoms. The predicted octanol–water partition coefficient (Wildman–Crippen LogP) is 5.58. The van der Waals surface area contributed by atoms with Crippen LogP contribution in [0, 0.1) is 0 Å². The number of hydrogen-bond donors (Lipinski definition) is 2. The van der Waals surface area contributed by atoms with Gasteiger partial charge in [-0.1, -0.05) is 54.6 Å². The molecule has 4 aromatic carbocycles. The Morgan fingerprint density at radius 3 is 1.48 bits per heavy atom. The quantitative estimate of drug-likeness (QED) is 0.199. The summed E-state index contributed by atoms with van der Waals surface area (Å²) in [4.78, 5) is 50.8. The number of ether oxygens (including phenoxy) is 2. The molecule has 0 radical (unpaired) electrons. The van der Waals surface area contributed by atoms with Crippen LogP contribution >= 0.6 is 0 Å². The largest absolute Gasteiger partial charge is 0.478 e. The maximum absolute atomic E-state index is 13.3. The highest BCUT2D eigenvalue weighted by atomic mass is 16.6. The van der Waals surface area contributed by atoms with Crippen LogP contribution in [0.2, 0.25) is 0 Å². The third kappa shape index (κ3) is 7.45. The molecule has 10 heteroatoms. The van der Waals surface area contributed by atoms with Crippen molar-refractivity contribution < 1.29 is 33.8 Å². The first kappa shape index (κ1) is 27.4. The van der Waals surface area contributed by atoms with Crippen LogP contribution in [0.25, 0.3) is 0 Å². The number of azo groups is 1. The molecule has 0 aliphatic rings. The van der Waals surface area contributed by atoms with Gasteiger partial charge < -0.3 is 19.9 Å². The van der Waals surface area contributed by atoms with Crippen molar-refractivity contribution in [2.24, 2.45) is 10.2 Å². The second kappa shape index (κ2) is 13.2. The zero-order valence-electron chi connectivity index (χ0n) is 20.9. The van der Waals surface area contributed by atoms with E-state index in [1.807, 2.05) is 18.2 Å². The molecule has 1 amide bonds. The lowest BCUT2D eigenvalue weighted by atomic mass is 10.1. The second-order valence-electron chi connectivity index (χ2n) is 8.29. The Bertz CT molecular complexity index is 1490. The van der Waals surface area contributed by atoms with Gasteiger partial charge in [0.05, 0.1) is 22.5 Å². The average Bonchev–Trinajstić information content (AvgIpc) is 2.99. The number of rotatable bonds is 10. The Labute approximate surface area is 228 Å². The number of benzene rings is 4. The predicted molar refractivity (Wildman–Crippen MR) is 145 cm³/mol. The van der Waals surface area contributed by atoms with Gasteiger partial charge >= 0.3 is 17.9 Å². The Morgan fingerprint density at radius 2 is 1.00 bits per heavy atom.